The lowest BCUT2D eigenvalue weighted by molar-refractivity contribution is 0.0958. The molecule has 0 saturated heterocycles. The molecule has 2 heterocycles. The van der Waals surface area contributed by atoms with Gasteiger partial charge in [-0.15, -0.1) is 0 Å². The molecular formula is C12H18N6O2S. The van der Waals surface area contributed by atoms with Crippen LogP contribution in [0, 0.1) is 6.92 Å². The number of rotatable bonds is 6. The number of aromatic nitrogens is 3. The standard InChI is InChI=1S/C12H18N6O2S/c1-6(2)15-12-17-10(13)9(21-12)11(19)14-5-4-8-16-7(3)18-20-8/h6H,4-5,13H2,1-3H3,(H,14,19)(H,15,17). The average Bonchev–Trinajstić information content (AvgIpc) is 2.95. The van der Waals surface area contributed by atoms with Crippen LogP contribution in [0.2, 0.25) is 0 Å². The van der Waals surface area contributed by atoms with E-state index < -0.39 is 0 Å². The van der Waals surface area contributed by atoms with Gasteiger partial charge in [-0.1, -0.05) is 16.5 Å². The van der Waals surface area contributed by atoms with Gasteiger partial charge in [-0.25, -0.2) is 4.98 Å². The summed E-state index contributed by atoms with van der Waals surface area (Å²) in [6.07, 6.45) is 0.475. The van der Waals surface area contributed by atoms with E-state index in [2.05, 4.69) is 25.8 Å². The Hall–Kier alpha value is -2.16. The quantitative estimate of drug-likeness (QED) is 0.733. The Balaban J connectivity index is 1.89. The van der Waals surface area contributed by atoms with Gasteiger partial charge in [0, 0.05) is 19.0 Å². The molecule has 9 heteroatoms. The number of nitrogen functional groups attached to an aromatic ring is 1. The minimum atomic E-state index is -0.252. The molecule has 2 aromatic rings. The summed E-state index contributed by atoms with van der Waals surface area (Å²) in [5.41, 5.74) is 5.76. The Morgan fingerprint density at radius 2 is 2.19 bits per heavy atom. The highest BCUT2D eigenvalue weighted by molar-refractivity contribution is 7.18. The number of aryl methyl sites for hydroxylation is 1. The van der Waals surface area contributed by atoms with E-state index in [0.29, 0.717) is 34.7 Å². The number of carbonyl (C=O) groups excluding carboxylic acids is 1. The van der Waals surface area contributed by atoms with Gasteiger partial charge in [0.25, 0.3) is 5.91 Å². The fraction of sp³-hybridized carbons (Fsp3) is 0.500. The van der Waals surface area contributed by atoms with Crippen molar-refractivity contribution in [2.75, 3.05) is 17.6 Å². The number of amides is 1. The number of hydrogen-bond acceptors (Lipinski definition) is 8. The number of carbonyl (C=O) groups is 1. The van der Waals surface area contributed by atoms with Crippen molar-refractivity contribution in [2.45, 2.75) is 33.2 Å². The van der Waals surface area contributed by atoms with Crippen LogP contribution in [-0.2, 0) is 6.42 Å². The molecule has 0 atom stereocenters. The maximum atomic E-state index is 12.0. The monoisotopic (exact) mass is 310 g/mol. The average molecular weight is 310 g/mol. The largest absolute Gasteiger partial charge is 0.382 e. The molecule has 1 amide bonds. The molecule has 114 valence electrons. The van der Waals surface area contributed by atoms with Gasteiger partial charge < -0.3 is 20.9 Å². The second kappa shape index (κ2) is 6.53. The summed E-state index contributed by atoms with van der Waals surface area (Å²) in [5.74, 6) is 1.05. The van der Waals surface area contributed by atoms with E-state index in [1.54, 1.807) is 6.92 Å². The molecule has 8 nitrogen and oxygen atoms in total. The first-order valence-electron chi connectivity index (χ1n) is 6.56. The van der Waals surface area contributed by atoms with E-state index in [1.165, 1.54) is 11.3 Å². The lowest BCUT2D eigenvalue weighted by Gasteiger charge is -2.04. The maximum absolute atomic E-state index is 12.0. The van der Waals surface area contributed by atoms with Gasteiger partial charge in [0.2, 0.25) is 5.89 Å². The van der Waals surface area contributed by atoms with Crippen LogP contribution in [0.25, 0.3) is 0 Å². The summed E-state index contributed by atoms with van der Waals surface area (Å²) in [5, 5.41) is 10.2. The first-order chi connectivity index (χ1) is 9.95. The SMILES string of the molecule is Cc1noc(CCNC(=O)c2sc(NC(C)C)nc2N)n1. The molecule has 0 aromatic carbocycles. The second-order valence-corrected chi connectivity index (χ2v) is 5.77. The van der Waals surface area contributed by atoms with Gasteiger partial charge in [0.15, 0.2) is 11.0 Å². The third-order valence-electron chi connectivity index (χ3n) is 2.47. The highest BCUT2D eigenvalue weighted by Gasteiger charge is 2.16. The molecule has 0 aliphatic rings. The summed E-state index contributed by atoms with van der Waals surface area (Å²) >= 11 is 1.24. The van der Waals surface area contributed by atoms with E-state index in [9.17, 15) is 4.79 Å². The zero-order valence-corrected chi connectivity index (χ0v) is 13.0. The minimum Gasteiger partial charge on any atom is -0.382 e. The summed E-state index contributed by atoms with van der Waals surface area (Å²) < 4.78 is 4.97. The Bertz CT molecular complexity index is 621. The Labute approximate surface area is 126 Å². The highest BCUT2D eigenvalue weighted by Crippen LogP contribution is 2.25. The van der Waals surface area contributed by atoms with Crippen molar-refractivity contribution >= 4 is 28.2 Å². The van der Waals surface area contributed by atoms with Gasteiger partial charge in [-0.2, -0.15) is 4.98 Å². The van der Waals surface area contributed by atoms with E-state index in [0.717, 1.165) is 0 Å². The van der Waals surface area contributed by atoms with Gasteiger partial charge in [-0.3, -0.25) is 4.79 Å². The van der Waals surface area contributed by atoms with Crippen molar-refractivity contribution in [2.24, 2.45) is 0 Å². The van der Waals surface area contributed by atoms with E-state index in [-0.39, 0.29) is 17.8 Å². The number of thiazole rings is 1. The van der Waals surface area contributed by atoms with Gasteiger partial charge in [0.05, 0.1) is 0 Å². The van der Waals surface area contributed by atoms with Crippen LogP contribution in [0.4, 0.5) is 10.9 Å². The third-order valence-corrected chi connectivity index (χ3v) is 3.47. The zero-order valence-electron chi connectivity index (χ0n) is 12.1. The van der Waals surface area contributed by atoms with E-state index >= 15 is 0 Å². The number of nitrogens with two attached hydrogens (primary N) is 1. The molecule has 2 aromatic heterocycles. The van der Waals surface area contributed by atoms with Crippen LogP contribution in [0.1, 0.15) is 35.2 Å². The second-order valence-electron chi connectivity index (χ2n) is 4.77. The van der Waals surface area contributed by atoms with Gasteiger partial charge in [0.1, 0.15) is 10.7 Å². The number of hydrogen-bond donors (Lipinski definition) is 3. The minimum absolute atomic E-state index is 0.229. The molecule has 4 N–H and O–H groups in total. The molecule has 2 rings (SSSR count). The Morgan fingerprint density at radius 3 is 2.81 bits per heavy atom. The molecule has 0 bridgehead atoms. The van der Waals surface area contributed by atoms with Crippen molar-refractivity contribution in [3.05, 3.63) is 16.6 Å². The molecule has 0 radical (unpaired) electrons. The molecule has 0 saturated carbocycles. The molecule has 0 fully saturated rings. The summed E-state index contributed by atoms with van der Waals surface area (Å²) in [6.45, 7) is 6.12. The maximum Gasteiger partial charge on any atom is 0.265 e. The summed E-state index contributed by atoms with van der Waals surface area (Å²) in [6, 6.07) is 0.229. The van der Waals surface area contributed by atoms with Crippen molar-refractivity contribution in [3.63, 3.8) is 0 Å². The van der Waals surface area contributed by atoms with Crippen molar-refractivity contribution in [3.8, 4) is 0 Å². The number of anilines is 2. The topological polar surface area (TPSA) is 119 Å². The van der Waals surface area contributed by atoms with Crippen LogP contribution < -0.4 is 16.4 Å². The van der Waals surface area contributed by atoms with Crippen LogP contribution in [-0.4, -0.2) is 33.6 Å². The molecular weight excluding hydrogens is 292 g/mol. The van der Waals surface area contributed by atoms with Crippen molar-refractivity contribution < 1.29 is 9.32 Å². The van der Waals surface area contributed by atoms with E-state index in [4.69, 9.17) is 10.3 Å². The predicted octanol–water partition coefficient (Wildman–Crippen LogP) is 1.21. The predicted molar refractivity (Wildman–Crippen MR) is 80.4 cm³/mol. The first kappa shape index (κ1) is 15.2. The molecule has 0 unspecified atom stereocenters. The van der Waals surface area contributed by atoms with Crippen molar-refractivity contribution in [1.82, 2.24) is 20.4 Å². The Morgan fingerprint density at radius 1 is 1.43 bits per heavy atom. The number of nitrogens with one attached hydrogen (secondary N) is 2. The van der Waals surface area contributed by atoms with Crippen LogP contribution in [0.5, 0.6) is 0 Å². The fourth-order valence-corrected chi connectivity index (χ4v) is 2.56. The van der Waals surface area contributed by atoms with Crippen LogP contribution in [0.15, 0.2) is 4.52 Å². The summed E-state index contributed by atoms with van der Waals surface area (Å²) in [4.78, 5) is 20.6. The smallest absolute Gasteiger partial charge is 0.265 e. The van der Waals surface area contributed by atoms with Crippen LogP contribution in [0.3, 0.4) is 0 Å². The van der Waals surface area contributed by atoms with Gasteiger partial charge >= 0.3 is 0 Å². The highest BCUT2D eigenvalue weighted by atomic mass is 32.1. The van der Waals surface area contributed by atoms with E-state index in [1.807, 2.05) is 13.8 Å². The normalized spacial score (nSPS) is 10.9. The molecule has 21 heavy (non-hydrogen) atoms. The molecule has 0 spiro atoms. The fourth-order valence-electron chi connectivity index (χ4n) is 1.61. The first-order valence-corrected chi connectivity index (χ1v) is 7.37. The number of nitrogens with zero attached hydrogens (tertiary/aromatic N) is 3. The zero-order chi connectivity index (χ0) is 15.4. The lowest BCUT2D eigenvalue weighted by atomic mass is 10.4. The molecule has 0 aliphatic carbocycles. The van der Waals surface area contributed by atoms with Crippen LogP contribution >= 0.6 is 11.3 Å². The van der Waals surface area contributed by atoms with Gasteiger partial charge in [-0.05, 0) is 20.8 Å². The Kier molecular flexibility index (Phi) is 4.73. The lowest BCUT2D eigenvalue weighted by Crippen LogP contribution is -2.25. The molecule has 0 aliphatic heterocycles. The summed E-state index contributed by atoms with van der Waals surface area (Å²) in [7, 11) is 0. The third kappa shape index (κ3) is 4.15. The van der Waals surface area contributed by atoms with Crippen molar-refractivity contribution in [1.29, 1.82) is 0 Å².